The number of aromatic amines is 1. The minimum absolute atomic E-state index is 0.00427. The fraction of sp³-hybridized carbons (Fsp3) is 0.528. The van der Waals surface area contributed by atoms with Gasteiger partial charge in [-0.15, -0.1) is 0 Å². The molecule has 6 aliphatic rings. The Balaban J connectivity index is 0.000000337. The third-order valence-electron chi connectivity index (χ3n) is 11.0. The van der Waals surface area contributed by atoms with E-state index in [0.717, 1.165) is 31.4 Å². The van der Waals surface area contributed by atoms with Gasteiger partial charge in [0, 0.05) is 47.6 Å². The number of ether oxygens (including phenoxy) is 3. The van der Waals surface area contributed by atoms with E-state index >= 15 is 4.39 Å². The molecule has 5 atom stereocenters. The highest BCUT2D eigenvalue weighted by Gasteiger charge is 2.50. The number of rotatable bonds is 3. The fourth-order valence-corrected chi connectivity index (χ4v) is 8.54. The van der Waals surface area contributed by atoms with Crippen LogP contribution in [0, 0.1) is 11.7 Å². The summed E-state index contributed by atoms with van der Waals surface area (Å²) in [5.74, 6) is -5.79. The molecular formula is C36H34ClF8N7O8. The van der Waals surface area contributed by atoms with Crippen LogP contribution in [0.3, 0.4) is 0 Å². The van der Waals surface area contributed by atoms with Crippen LogP contribution in [0.4, 0.5) is 45.7 Å². The van der Waals surface area contributed by atoms with E-state index in [1.54, 1.807) is 18.5 Å². The number of nitrogens with zero attached hydrogens (tertiary/aromatic N) is 6. The summed E-state index contributed by atoms with van der Waals surface area (Å²) in [7, 11) is 0. The Morgan fingerprint density at radius 2 is 1.75 bits per heavy atom. The molecule has 0 amide bonds. The molecule has 5 aliphatic heterocycles. The van der Waals surface area contributed by atoms with Gasteiger partial charge in [-0.2, -0.15) is 41.4 Å². The number of halogens is 9. The SMILES string of the molecule is O=C(O)C(F)(F)F.O=C(O)C(F)(F)F.O=C1OC[C@H]2C[C@H]2c2c(Cl)cc3[nH]ncc3c2-c2ncc3c(nc(OC[C@@]45CCCN4C[C@H](F)C5)nc3c2F)N2CCC[C@H](C2)O1. The number of H-pyrrole nitrogens is 1. The Morgan fingerprint density at radius 3 is 2.45 bits per heavy atom. The Morgan fingerprint density at radius 1 is 1.03 bits per heavy atom. The molecule has 10 rings (SSSR count). The molecular weight excluding hydrogens is 846 g/mol. The Bertz CT molecular complexity index is 2290. The van der Waals surface area contributed by atoms with Crippen LogP contribution < -0.4 is 9.64 Å². The van der Waals surface area contributed by atoms with Crippen LogP contribution in [0.15, 0.2) is 18.5 Å². The highest BCUT2D eigenvalue weighted by Crippen LogP contribution is 2.54. The van der Waals surface area contributed by atoms with E-state index in [2.05, 4.69) is 20.1 Å². The lowest BCUT2D eigenvalue weighted by Gasteiger charge is -2.34. The lowest BCUT2D eigenvalue weighted by atomic mass is 9.94. The summed E-state index contributed by atoms with van der Waals surface area (Å²) in [5, 5.41) is 22.9. The largest absolute Gasteiger partial charge is 0.508 e. The zero-order valence-electron chi connectivity index (χ0n) is 31.0. The number of hydrogen-bond acceptors (Lipinski definition) is 12. The van der Waals surface area contributed by atoms with Crippen molar-refractivity contribution >= 4 is 57.3 Å². The molecule has 24 heteroatoms. The molecule has 1 saturated carbocycles. The van der Waals surface area contributed by atoms with E-state index in [0.29, 0.717) is 71.6 Å². The van der Waals surface area contributed by atoms with E-state index in [9.17, 15) is 35.5 Å². The first-order chi connectivity index (χ1) is 28.3. The molecule has 0 radical (unpaired) electrons. The molecule has 1 aromatic carbocycles. The lowest BCUT2D eigenvalue weighted by molar-refractivity contribution is -0.193. The summed E-state index contributed by atoms with van der Waals surface area (Å²) < 4.78 is 113. The second-order valence-electron chi connectivity index (χ2n) is 15.0. The number of fused-ring (bicyclic) bond motifs is 6. The molecule has 3 saturated heterocycles. The van der Waals surface area contributed by atoms with Gasteiger partial charge in [-0.05, 0) is 56.2 Å². The van der Waals surface area contributed by atoms with Gasteiger partial charge >= 0.3 is 36.5 Å². The van der Waals surface area contributed by atoms with Crippen LogP contribution in [-0.4, -0.2) is 128 Å². The zero-order valence-corrected chi connectivity index (χ0v) is 31.7. The molecule has 6 bridgehead atoms. The number of benzene rings is 1. The number of aliphatic carboxylic acids is 2. The van der Waals surface area contributed by atoms with Crippen LogP contribution >= 0.6 is 11.6 Å². The van der Waals surface area contributed by atoms with Crippen LogP contribution in [0.25, 0.3) is 33.1 Å². The highest BCUT2D eigenvalue weighted by atomic mass is 35.5. The number of aromatic nitrogens is 5. The summed E-state index contributed by atoms with van der Waals surface area (Å²) in [6.45, 7) is 2.52. The topological polar surface area (TPSA) is 193 Å². The van der Waals surface area contributed by atoms with Crippen molar-refractivity contribution in [2.24, 2.45) is 5.92 Å². The molecule has 60 heavy (non-hydrogen) atoms. The summed E-state index contributed by atoms with van der Waals surface area (Å²) in [5.41, 5.74) is 1.62. The monoisotopic (exact) mass is 879 g/mol. The van der Waals surface area contributed by atoms with Gasteiger partial charge in [0.05, 0.1) is 35.8 Å². The van der Waals surface area contributed by atoms with E-state index in [4.69, 9.17) is 55.6 Å². The number of carbonyl (C=O) groups excluding carboxylic acids is 1. The van der Waals surface area contributed by atoms with Gasteiger partial charge in [0.2, 0.25) is 0 Å². The number of anilines is 1. The number of nitrogens with one attached hydrogen (secondary N) is 1. The minimum atomic E-state index is -5.08. The van der Waals surface area contributed by atoms with Gasteiger partial charge in [-0.3, -0.25) is 15.0 Å². The van der Waals surface area contributed by atoms with Gasteiger partial charge in [-0.1, -0.05) is 11.6 Å². The highest BCUT2D eigenvalue weighted by molar-refractivity contribution is 6.33. The second-order valence-corrected chi connectivity index (χ2v) is 15.4. The van der Waals surface area contributed by atoms with Crippen LogP contribution in [0.5, 0.6) is 6.01 Å². The third-order valence-corrected chi connectivity index (χ3v) is 11.3. The van der Waals surface area contributed by atoms with E-state index < -0.39 is 54.1 Å². The van der Waals surface area contributed by atoms with Gasteiger partial charge in [0.25, 0.3) is 0 Å². The molecule has 4 aromatic rings. The van der Waals surface area contributed by atoms with Crippen molar-refractivity contribution in [2.45, 2.75) is 74.6 Å². The number of carboxylic acid groups (broad SMARTS) is 2. The number of alkyl halides is 7. The quantitative estimate of drug-likeness (QED) is 0.143. The van der Waals surface area contributed by atoms with Crippen molar-refractivity contribution in [3.05, 3.63) is 34.9 Å². The zero-order chi connectivity index (χ0) is 43.3. The maximum atomic E-state index is 17.0. The molecule has 1 aliphatic carbocycles. The van der Waals surface area contributed by atoms with Crippen molar-refractivity contribution in [1.82, 2.24) is 30.0 Å². The van der Waals surface area contributed by atoms with Crippen LogP contribution in [-0.2, 0) is 19.1 Å². The summed E-state index contributed by atoms with van der Waals surface area (Å²) in [4.78, 5) is 48.8. The number of hydrogen-bond donors (Lipinski definition) is 3. The smallest absolute Gasteiger partial charge is 0.475 e. The normalized spacial score (nSPS) is 24.9. The molecule has 15 nitrogen and oxygen atoms in total. The Hall–Kier alpha value is -5.32. The third kappa shape index (κ3) is 8.77. The van der Waals surface area contributed by atoms with Gasteiger partial charge < -0.3 is 29.3 Å². The van der Waals surface area contributed by atoms with E-state index in [1.807, 2.05) is 4.90 Å². The van der Waals surface area contributed by atoms with E-state index in [1.165, 1.54) is 0 Å². The van der Waals surface area contributed by atoms with E-state index in [-0.39, 0.29) is 42.3 Å². The van der Waals surface area contributed by atoms with Crippen molar-refractivity contribution in [3.8, 4) is 17.3 Å². The fourth-order valence-electron chi connectivity index (χ4n) is 8.20. The Kier molecular flexibility index (Phi) is 11.6. The molecule has 0 unspecified atom stereocenters. The number of pyridine rings is 1. The van der Waals surface area contributed by atoms with Crippen LogP contribution in [0.2, 0.25) is 5.02 Å². The predicted octanol–water partition coefficient (Wildman–Crippen LogP) is 6.82. The van der Waals surface area contributed by atoms with Crippen LogP contribution in [0.1, 0.15) is 50.0 Å². The van der Waals surface area contributed by atoms with Crippen molar-refractivity contribution in [3.63, 3.8) is 0 Å². The molecule has 0 spiro atoms. The molecule has 3 aromatic heterocycles. The molecule has 8 heterocycles. The average Bonchev–Trinajstić information content (AvgIpc) is 3.41. The first-order valence-corrected chi connectivity index (χ1v) is 18.9. The lowest BCUT2D eigenvalue weighted by Crippen LogP contribution is -2.43. The second kappa shape index (κ2) is 16.3. The number of carboxylic acids is 2. The van der Waals surface area contributed by atoms with Crippen molar-refractivity contribution < 1.29 is 73.9 Å². The summed E-state index contributed by atoms with van der Waals surface area (Å²) >= 11 is 6.87. The average molecular weight is 880 g/mol. The van der Waals surface area contributed by atoms with Gasteiger partial charge in [0.15, 0.2) is 5.82 Å². The van der Waals surface area contributed by atoms with Crippen molar-refractivity contribution in [2.75, 3.05) is 44.3 Å². The first-order valence-electron chi connectivity index (χ1n) is 18.5. The molecule has 324 valence electrons. The standard InChI is InChI=1S/C32H32ClF2N7O4.2C2HF3O2/c33-22-8-23-20(11-37-40-23)25-24(22)19-7-16(19)14-44-31(43)46-18-3-1-5-41(13-18)29-21-10-36-28(25)26(35)27(21)38-30(39-29)45-15-32-4-2-6-42(32)12-17(34)9-32;2*3-2(4,5)1(6)7/h8,10-11,16-19H,1-7,9,12-15H2,(H,37,40);2*(H,6,7)/t16-,17-,18-,19-,32+;;/m1../s1. The predicted molar refractivity (Wildman–Crippen MR) is 192 cm³/mol. The maximum absolute atomic E-state index is 17.0. The van der Waals surface area contributed by atoms with Gasteiger partial charge in [-0.25, -0.2) is 23.2 Å². The number of piperidine rings is 1. The summed E-state index contributed by atoms with van der Waals surface area (Å²) in [6.07, 6.45) is -4.74. The first kappa shape index (κ1) is 42.8. The Labute approximate surface area is 337 Å². The maximum Gasteiger partial charge on any atom is 0.508 e. The summed E-state index contributed by atoms with van der Waals surface area (Å²) in [6, 6.07) is 1.79. The van der Waals surface area contributed by atoms with Crippen molar-refractivity contribution in [1.29, 1.82) is 0 Å². The minimum Gasteiger partial charge on any atom is -0.475 e. The number of carbonyl (C=O) groups is 3. The molecule has 3 N–H and O–H groups in total. The molecule has 4 fully saturated rings. The van der Waals surface area contributed by atoms with Gasteiger partial charge in [0.1, 0.15) is 35.9 Å².